The quantitative estimate of drug-likeness (QED) is 0.345. The van der Waals surface area contributed by atoms with Crippen LogP contribution in [-0.2, 0) is 4.79 Å². The molecule has 2 heteroatoms. The van der Waals surface area contributed by atoms with Crippen molar-refractivity contribution in [2.75, 3.05) is 0 Å². The van der Waals surface area contributed by atoms with E-state index in [1.54, 1.807) is 31.2 Å². The van der Waals surface area contributed by atoms with Crippen LogP contribution in [0.1, 0.15) is 53.9 Å². The van der Waals surface area contributed by atoms with E-state index in [2.05, 4.69) is 20.8 Å². The molecule has 0 aromatic carbocycles. The number of hydrogen-bond acceptors (Lipinski definition) is 1. The fourth-order valence-corrected chi connectivity index (χ4v) is 2.79. The summed E-state index contributed by atoms with van der Waals surface area (Å²) in [5, 5.41) is 0. The van der Waals surface area contributed by atoms with Crippen LogP contribution in [0.2, 0.25) is 0 Å². The Morgan fingerprint density at radius 1 is 1.23 bits per heavy atom. The van der Waals surface area contributed by atoms with Gasteiger partial charge in [0.15, 0.2) is 0 Å². The average molecular weight is 302 g/mol. The first-order valence-electron chi connectivity index (χ1n) is 7.83. The van der Waals surface area contributed by atoms with E-state index in [1.807, 2.05) is 6.92 Å². The summed E-state index contributed by atoms with van der Waals surface area (Å²) in [5.41, 5.74) is 3.90. The first kappa shape index (κ1) is 18.3. The van der Waals surface area contributed by atoms with Crippen molar-refractivity contribution < 1.29 is 9.18 Å². The van der Waals surface area contributed by atoms with Crippen LogP contribution >= 0.6 is 0 Å². The van der Waals surface area contributed by atoms with Gasteiger partial charge in [-0.15, -0.1) is 0 Å². The van der Waals surface area contributed by atoms with Crippen LogP contribution < -0.4 is 0 Å². The van der Waals surface area contributed by atoms with Crippen molar-refractivity contribution in [1.29, 1.82) is 0 Å². The molecule has 0 spiro atoms. The van der Waals surface area contributed by atoms with Crippen molar-refractivity contribution >= 4 is 6.29 Å². The average Bonchev–Trinajstić information content (AvgIpc) is 2.42. The zero-order valence-electron chi connectivity index (χ0n) is 14.4. The highest BCUT2D eigenvalue weighted by Crippen LogP contribution is 2.41. The molecule has 0 radical (unpaired) electrons. The Bertz CT molecular complexity index is 569. The van der Waals surface area contributed by atoms with Gasteiger partial charge >= 0.3 is 0 Å². The van der Waals surface area contributed by atoms with Gasteiger partial charge in [-0.3, -0.25) is 4.79 Å². The number of hydrogen-bond donors (Lipinski definition) is 0. The van der Waals surface area contributed by atoms with Crippen LogP contribution in [0.15, 0.2) is 58.5 Å². The van der Waals surface area contributed by atoms with Gasteiger partial charge in [-0.05, 0) is 74.3 Å². The molecule has 0 saturated carbocycles. The van der Waals surface area contributed by atoms with Gasteiger partial charge in [-0.25, -0.2) is 4.39 Å². The summed E-state index contributed by atoms with van der Waals surface area (Å²) in [7, 11) is 0. The monoisotopic (exact) mass is 302 g/mol. The first-order valence-corrected chi connectivity index (χ1v) is 7.83. The predicted molar refractivity (Wildman–Crippen MR) is 92.2 cm³/mol. The third-order valence-corrected chi connectivity index (χ3v) is 4.23. The smallest absolute Gasteiger partial charge is 0.143 e. The van der Waals surface area contributed by atoms with Gasteiger partial charge in [0.25, 0.3) is 0 Å². The standard InChI is InChI=1S/C20H27FO/c1-15(11-13-22)8-6-9-17(3)19(21)14-18-16(2)10-7-12-20(18,4)5/h6,8-9,11,13-14H,7,10,12H2,1-5H3/b8-6+,15-11+,17-9-,19-14-. The second kappa shape index (κ2) is 8.07. The Morgan fingerprint density at radius 2 is 1.91 bits per heavy atom. The highest BCUT2D eigenvalue weighted by atomic mass is 19.1. The molecular formula is C20H27FO. The summed E-state index contributed by atoms with van der Waals surface area (Å²) in [5.74, 6) is -0.189. The maximum Gasteiger partial charge on any atom is 0.143 e. The van der Waals surface area contributed by atoms with Gasteiger partial charge in [0.2, 0.25) is 0 Å². The molecule has 1 aliphatic carbocycles. The molecule has 1 nitrogen and oxygen atoms in total. The lowest BCUT2D eigenvalue weighted by Crippen LogP contribution is -2.19. The Labute approximate surface area is 134 Å². The summed E-state index contributed by atoms with van der Waals surface area (Å²) in [6.07, 6.45) is 12.6. The Balaban J connectivity index is 2.96. The van der Waals surface area contributed by atoms with Gasteiger partial charge in [-0.1, -0.05) is 37.6 Å². The van der Waals surface area contributed by atoms with Crippen LogP contribution in [0, 0.1) is 5.41 Å². The first-order chi connectivity index (χ1) is 10.3. The van der Waals surface area contributed by atoms with Gasteiger partial charge in [0, 0.05) is 0 Å². The van der Waals surface area contributed by atoms with Crippen molar-refractivity contribution in [2.24, 2.45) is 5.41 Å². The van der Waals surface area contributed by atoms with Gasteiger partial charge in [-0.2, -0.15) is 0 Å². The van der Waals surface area contributed by atoms with Gasteiger partial charge in [0.1, 0.15) is 12.1 Å². The van der Waals surface area contributed by atoms with Crippen molar-refractivity contribution in [1.82, 2.24) is 0 Å². The highest BCUT2D eigenvalue weighted by molar-refractivity contribution is 5.66. The molecule has 0 N–H and O–H groups in total. The third-order valence-electron chi connectivity index (χ3n) is 4.23. The molecule has 0 aromatic rings. The maximum atomic E-state index is 14.4. The minimum atomic E-state index is -0.189. The van der Waals surface area contributed by atoms with Crippen molar-refractivity contribution in [2.45, 2.75) is 53.9 Å². The second-order valence-corrected chi connectivity index (χ2v) is 6.68. The molecule has 0 saturated heterocycles. The Hall–Kier alpha value is -1.70. The summed E-state index contributed by atoms with van der Waals surface area (Å²) in [6.45, 7) is 10.1. The second-order valence-electron chi connectivity index (χ2n) is 6.68. The molecule has 0 aromatic heterocycles. The molecular weight excluding hydrogens is 275 g/mol. The molecule has 1 aliphatic rings. The zero-order valence-corrected chi connectivity index (χ0v) is 14.4. The molecule has 0 atom stereocenters. The van der Waals surface area contributed by atoms with E-state index in [-0.39, 0.29) is 11.2 Å². The molecule has 0 heterocycles. The van der Waals surface area contributed by atoms with Crippen molar-refractivity contribution in [3.05, 3.63) is 58.5 Å². The lowest BCUT2D eigenvalue weighted by Gasteiger charge is -2.33. The number of carbonyl (C=O) groups is 1. The topological polar surface area (TPSA) is 17.1 Å². The lowest BCUT2D eigenvalue weighted by atomic mass is 9.72. The van der Waals surface area contributed by atoms with E-state index in [0.717, 1.165) is 30.3 Å². The van der Waals surface area contributed by atoms with Gasteiger partial charge < -0.3 is 0 Å². The SMILES string of the molecule is CC1=C(/C=C(F)/C(C)=C\C=C\C(C)=C\C=O)C(C)(C)CCC1. The Kier molecular flexibility index (Phi) is 6.73. The fourth-order valence-electron chi connectivity index (χ4n) is 2.79. The maximum absolute atomic E-state index is 14.4. The Morgan fingerprint density at radius 3 is 2.50 bits per heavy atom. The molecule has 0 fully saturated rings. The van der Waals surface area contributed by atoms with E-state index < -0.39 is 0 Å². The summed E-state index contributed by atoms with van der Waals surface area (Å²) < 4.78 is 14.4. The largest absolute Gasteiger partial charge is 0.299 e. The lowest BCUT2D eigenvalue weighted by molar-refractivity contribution is -0.104. The minimum absolute atomic E-state index is 0.0408. The molecule has 22 heavy (non-hydrogen) atoms. The minimum Gasteiger partial charge on any atom is -0.299 e. The van der Waals surface area contributed by atoms with E-state index in [9.17, 15) is 9.18 Å². The molecule has 0 aliphatic heterocycles. The van der Waals surface area contributed by atoms with Crippen LogP contribution in [0.3, 0.4) is 0 Å². The summed E-state index contributed by atoms with van der Waals surface area (Å²) >= 11 is 0. The normalized spacial score (nSPS) is 20.7. The van der Waals surface area contributed by atoms with Gasteiger partial charge in [0.05, 0.1) is 0 Å². The number of rotatable bonds is 5. The van der Waals surface area contributed by atoms with Crippen LogP contribution in [0.4, 0.5) is 4.39 Å². The van der Waals surface area contributed by atoms with E-state index >= 15 is 0 Å². The van der Waals surface area contributed by atoms with Crippen molar-refractivity contribution in [3.8, 4) is 0 Å². The molecule has 0 unspecified atom stereocenters. The van der Waals surface area contributed by atoms with Crippen LogP contribution in [0.25, 0.3) is 0 Å². The van der Waals surface area contributed by atoms with Crippen molar-refractivity contribution in [3.63, 3.8) is 0 Å². The van der Waals surface area contributed by atoms with Crippen LogP contribution in [0.5, 0.6) is 0 Å². The van der Waals surface area contributed by atoms with Crippen LogP contribution in [-0.4, -0.2) is 6.29 Å². The molecule has 0 amide bonds. The number of allylic oxidation sites excluding steroid dienone is 10. The van der Waals surface area contributed by atoms with E-state index in [1.165, 1.54) is 18.1 Å². The van der Waals surface area contributed by atoms with E-state index in [0.29, 0.717) is 5.57 Å². The molecule has 120 valence electrons. The third kappa shape index (κ3) is 5.25. The molecule has 1 rings (SSSR count). The fraction of sp³-hybridized carbons (Fsp3) is 0.450. The summed E-state index contributed by atoms with van der Waals surface area (Å²) in [4.78, 5) is 10.3. The predicted octanol–water partition coefficient (Wildman–Crippen LogP) is 6.01. The number of carbonyl (C=O) groups excluding carboxylic acids is 1. The highest BCUT2D eigenvalue weighted by Gasteiger charge is 2.27. The zero-order chi connectivity index (χ0) is 16.8. The molecule has 0 bridgehead atoms. The number of aldehydes is 1. The number of halogens is 1. The van der Waals surface area contributed by atoms with E-state index in [4.69, 9.17) is 0 Å². The summed E-state index contributed by atoms with van der Waals surface area (Å²) in [6, 6.07) is 0.